The molecule has 0 aliphatic heterocycles. The fourth-order valence-electron chi connectivity index (χ4n) is 3.56. The van der Waals surface area contributed by atoms with E-state index >= 15 is 0 Å². The first-order valence-corrected chi connectivity index (χ1v) is 10.5. The molecule has 0 radical (unpaired) electrons. The number of halogens is 1. The molecule has 2 aromatic carbocycles. The summed E-state index contributed by atoms with van der Waals surface area (Å²) in [6.45, 7) is 2.28. The van der Waals surface area contributed by atoms with Crippen molar-refractivity contribution in [3.63, 3.8) is 0 Å². The van der Waals surface area contributed by atoms with Gasteiger partial charge in [0.15, 0.2) is 5.65 Å². The number of primary amides is 1. The third-order valence-electron chi connectivity index (χ3n) is 5.12. The van der Waals surface area contributed by atoms with Crippen molar-refractivity contribution < 1.29 is 14.0 Å². The average Bonchev–Trinajstić information content (AvgIpc) is 3.15. The minimum Gasteiger partial charge on any atom is -0.383 e. The summed E-state index contributed by atoms with van der Waals surface area (Å²) in [7, 11) is 0. The van der Waals surface area contributed by atoms with E-state index in [0.29, 0.717) is 40.9 Å². The van der Waals surface area contributed by atoms with E-state index in [2.05, 4.69) is 25.7 Å². The van der Waals surface area contributed by atoms with Crippen molar-refractivity contribution in [3.8, 4) is 11.3 Å². The predicted molar refractivity (Wildman–Crippen MR) is 127 cm³/mol. The fourth-order valence-corrected chi connectivity index (χ4v) is 3.56. The van der Waals surface area contributed by atoms with Crippen molar-refractivity contribution in [2.75, 3.05) is 16.4 Å². The number of carbonyl (C=O) groups is 2. The molecule has 0 fully saturated rings. The van der Waals surface area contributed by atoms with E-state index in [-0.39, 0.29) is 17.9 Å². The molecule has 0 aliphatic carbocycles. The molecular weight excluding hydrogens is 439 g/mol. The van der Waals surface area contributed by atoms with Crippen molar-refractivity contribution in [1.29, 1.82) is 0 Å². The first-order valence-electron chi connectivity index (χ1n) is 10.5. The Kier molecular flexibility index (Phi) is 6.35. The van der Waals surface area contributed by atoms with Gasteiger partial charge in [-0.15, -0.1) is 0 Å². The highest BCUT2D eigenvalue weighted by Gasteiger charge is 2.18. The molecule has 174 valence electrons. The van der Waals surface area contributed by atoms with Gasteiger partial charge in [-0.25, -0.2) is 23.8 Å². The monoisotopic (exact) mass is 462 g/mol. The number of aromatic nitrogens is 4. The van der Waals surface area contributed by atoms with Crippen molar-refractivity contribution in [2.45, 2.75) is 26.3 Å². The number of hydrogen-bond acceptors (Lipinski definition) is 6. The number of anilines is 3. The second-order valence-corrected chi connectivity index (χ2v) is 7.74. The lowest BCUT2D eigenvalue weighted by atomic mass is 10.1. The summed E-state index contributed by atoms with van der Waals surface area (Å²) in [4.78, 5) is 31.6. The summed E-state index contributed by atoms with van der Waals surface area (Å²) in [5.41, 5.74) is 14.2. The fraction of sp³-hybridized carbons (Fsp3) is 0.174. The zero-order valence-corrected chi connectivity index (χ0v) is 18.4. The Morgan fingerprint density at radius 1 is 1.12 bits per heavy atom. The molecule has 0 saturated heterocycles. The van der Waals surface area contributed by atoms with Gasteiger partial charge in [0.1, 0.15) is 23.7 Å². The lowest BCUT2D eigenvalue weighted by Gasteiger charge is -2.10. The van der Waals surface area contributed by atoms with Crippen LogP contribution in [0.15, 0.2) is 48.8 Å². The predicted octanol–water partition coefficient (Wildman–Crippen LogP) is 3.43. The molecule has 0 bridgehead atoms. The van der Waals surface area contributed by atoms with Crippen LogP contribution in [0.5, 0.6) is 0 Å². The van der Waals surface area contributed by atoms with Crippen LogP contribution in [0.25, 0.3) is 22.3 Å². The molecule has 34 heavy (non-hydrogen) atoms. The second-order valence-electron chi connectivity index (χ2n) is 7.74. The Morgan fingerprint density at radius 2 is 1.94 bits per heavy atom. The van der Waals surface area contributed by atoms with Gasteiger partial charge in [0.25, 0.3) is 0 Å². The first-order chi connectivity index (χ1) is 16.3. The molecule has 10 nitrogen and oxygen atoms in total. The summed E-state index contributed by atoms with van der Waals surface area (Å²) in [5, 5.41) is 10.2. The van der Waals surface area contributed by atoms with E-state index in [9.17, 15) is 14.0 Å². The normalized spacial score (nSPS) is 10.9. The number of amides is 3. The van der Waals surface area contributed by atoms with Gasteiger partial charge in [0, 0.05) is 24.2 Å². The number of rotatable bonds is 7. The van der Waals surface area contributed by atoms with Crippen LogP contribution >= 0.6 is 0 Å². The summed E-state index contributed by atoms with van der Waals surface area (Å²) in [6, 6.07) is 11.0. The summed E-state index contributed by atoms with van der Waals surface area (Å²) >= 11 is 0. The van der Waals surface area contributed by atoms with Gasteiger partial charge in [0.05, 0.1) is 11.1 Å². The molecular formula is C23H23FN8O2. The summed E-state index contributed by atoms with van der Waals surface area (Å²) < 4.78 is 16.5. The van der Waals surface area contributed by atoms with Crippen LogP contribution in [-0.4, -0.2) is 31.7 Å². The smallest absolute Gasteiger partial charge is 0.323 e. The van der Waals surface area contributed by atoms with Crippen molar-refractivity contribution in [2.24, 2.45) is 5.73 Å². The van der Waals surface area contributed by atoms with E-state index in [1.165, 1.54) is 18.5 Å². The number of nitrogen functional groups attached to an aromatic ring is 1. The van der Waals surface area contributed by atoms with Gasteiger partial charge in [0.2, 0.25) is 5.91 Å². The molecule has 6 N–H and O–H groups in total. The zero-order chi connectivity index (χ0) is 24.2. The van der Waals surface area contributed by atoms with Crippen LogP contribution in [-0.2, 0) is 11.3 Å². The Hall–Kier alpha value is -4.54. The third kappa shape index (κ3) is 4.93. The highest BCUT2D eigenvalue weighted by Crippen LogP contribution is 2.32. The van der Waals surface area contributed by atoms with Crippen LogP contribution in [0.4, 0.5) is 26.4 Å². The van der Waals surface area contributed by atoms with Crippen LogP contribution in [0, 0.1) is 12.7 Å². The molecule has 0 unspecified atom stereocenters. The number of carbonyl (C=O) groups excluding carboxylic acids is 2. The molecule has 0 spiro atoms. The first kappa shape index (κ1) is 22.6. The van der Waals surface area contributed by atoms with Gasteiger partial charge in [-0.2, -0.15) is 5.10 Å². The quantitative estimate of drug-likeness (QED) is 0.330. The van der Waals surface area contributed by atoms with Gasteiger partial charge < -0.3 is 22.1 Å². The maximum absolute atomic E-state index is 14.9. The number of urea groups is 1. The molecule has 2 aromatic heterocycles. The number of nitrogens with one attached hydrogen (secondary N) is 2. The number of benzene rings is 2. The van der Waals surface area contributed by atoms with E-state index in [1.807, 2.05) is 19.1 Å². The zero-order valence-electron chi connectivity index (χ0n) is 18.4. The largest absolute Gasteiger partial charge is 0.383 e. The Balaban J connectivity index is 1.59. The number of aryl methyl sites for hydroxylation is 2. The van der Waals surface area contributed by atoms with E-state index in [4.69, 9.17) is 11.5 Å². The second kappa shape index (κ2) is 9.53. The maximum Gasteiger partial charge on any atom is 0.323 e. The van der Waals surface area contributed by atoms with E-state index in [1.54, 1.807) is 22.9 Å². The maximum atomic E-state index is 14.9. The lowest BCUT2D eigenvalue weighted by Crippen LogP contribution is -2.20. The molecule has 11 heteroatoms. The van der Waals surface area contributed by atoms with Crippen LogP contribution in [0.1, 0.15) is 18.4 Å². The molecule has 3 amide bonds. The van der Waals surface area contributed by atoms with Gasteiger partial charge >= 0.3 is 6.03 Å². The standard InChI is InChI=1S/C23H23FN8O2/c1-13-4-2-5-15(10-13)29-23(34)30-17-8-7-14(11-16(17)24)20-19-21(26)27-12-28-22(19)32(31-20)9-3-6-18(25)33/h2,4-5,7-8,10-12H,3,6,9H2,1H3,(H2,25,33)(H2,26,27,28)(H2,29,30,34). The number of nitrogens with two attached hydrogens (primary N) is 2. The van der Waals surface area contributed by atoms with Gasteiger partial charge in [-0.1, -0.05) is 18.2 Å². The number of nitrogens with zero attached hydrogens (tertiary/aromatic N) is 4. The van der Waals surface area contributed by atoms with E-state index < -0.39 is 17.8 Å². The molecule has 0 saturated carbocycles. The summed E-state index contributed by atoms with van der Waals surface area (Å²) in [5.74, 6) is -0.868. The highest BCUT2D eigenvalue weighted by atomic mass is 19.1. The number of hydrogen-bond donors (Lipinski definition) is 4. The van der Waals surface area contributed by atoms with Crippen LogP contribution < -0.4 is 22.1 Å². The highest BCUT2D eigenvalue weighted by molar-refractivity contribution is 6.01. The topological polar surface area (TPSA) is 154 Å². The van der Waals surface area contributed by atoms with Crippen LogP contribution in [0.2, 0.25) is 0 Å². The average molecular weight is 462 g/mol. The lowest BCUT2D eigenvalue weighted by molar-refractivity contribution is -0.118. The van der Waals surface area contributed by atoms with Crippen LogP contribution in [0.3, 0.4) is 0 Å². The SMILES string of the molecule is Cc1cccc(NC(=O)Nc2ccc(-c3nn(CCCC(N)=O)c4ncnc(N)c34)cc2F)c1. The molecule has 0 atom stereocenters. The Bertz CT molecular complexity index is 1380. The van der Waals surface area contributed by atoms with Gasteiger partial charge in [-0.3, -0.25) is 4.79 Å². The minimum absolute atomic E-state index is 0.00308. The van der Waals surface area contributed by atoms with Crippen molar-refractivity contribution >= 4 is 40.2 Å². The number of fused-ring (bicyclic) bond motifs is 1. The summed E-state index contributed by atoms with van der Waals surface area (Å²) in [6.07, 6.45) is 1.97. The Labute approximate surface area is 194 Å². The molecule has 2 heterocycles. The Morgan fingerprint density at radius 3 is 2.68 bits per heavy atom. The van der Waals surface area contributed by atoms with Crippen molar-refractivity contribution in [3.05, 3.63) is 60.2 Å². The third-order valence-corrected chi connectivity index (χ3v) is 5.12. The van der Waals surface area contributed by atoms with Gasteiger partial charge in [-0.05, 0) is 43.2 Å². The molecule has 0 aliphatic rings. The molecule has 4 rings (SSSR count). The van der Waals surface area contributed by atoms with Crippen molar-refractivity contribution in [1.82, 2.24) is 19.7 Å². The van der Waals surface area contributed by atoms with E-state index in [0.717, 1.165) is 5.56 Å². The minimum atomic E-state index is -0.649. The molecule has 4 aromatic rings.